The van der Waals surface area contributed by atoms with Gasteiger partial charge in [0.25, 0.3) is 11.8 Å². The van der Waals surface area contributed by atoms with Crippen molar-refractivity contribution in [3.63, 3.8) is 0 Å². The first kappa shape index (κ1) is 23.9. The number of carbonyl (C=O) groups is 2. The van der Waals surface area contributed by atoms with Gasteiger partial charge in [-0.2, -0.15) is 5.10 Å². The molecule has 0 radical (unpaired) electrons. The minimum atomic E-state index is -0.411. The van der Waals surface area contributed by atoms with Crippen molar-refractivity contribution >= 4 is 56.7 Å². The van der Waals surface area contributed by atoms with E-state index in [9.17, 15) is 9.59 Å². The van der Waals surface area contributed by atoms with Gasteiger partial charge in [0.1, 0.15) is 21.9 Å². The van der Waals surface area contributed by atoms with Crippen LogP contribution >= 0.6 is 22.9 Å². The zero-order chi connectivity index (χ0) is 25.4. The number of thiazole rings is 1. The summed E-state index contributed by atoms with van der Waals surface area (Å²) in [4.78, 5) is 38.6. The number of nitrogens with one attached hydrogen (secondary N) is 2. The Morgan fingerprint density at radius 2 is 1.94 bits per heavy atom. The minimum absolute atomic E-state index is 0.205. The Hall–Kier alpha value is -3.83. The summed E-state index contributed by atoms with van der Waals surface area (Å²) in [7, 11) is 3.74. The molecule has 0 aliphatic rings. The Morgan fingerprint density at radius 1 is 1.11 bits per heavy atom. The summed E-state index contributed by atoms with van der Waals surface area (Å²) in [6, 6.07) is 5.39. The number of carbonyl (C=O) groups excluding carboxylic acids is 2. The second-order valence-electron chi connectivity index (χ2n) is 8.42. The number of aryl methyl sites for hydroxylation is 2. The van der Waals surface area contributed by atoms with Crippen LogP contribution in [0.1, 0.15) is 43.7 Å². The van der Waals surface area contributed by atoms with Gasteiger partial charge in [0.2, 0.25) is 0 Å². The lowest BCUT2D eigenvalue weighted by atomic mass is 10.1. The first-order chi connectivity index (χ1) is 17.3. The molecule has 4 aromatic heterocycles. The van der Waals surface area contributed by atoms with Crippen LogP contribution in [0.4, 0.5) is 0 Å². The van der Waals surface area contributed by atoms with Crippen molar-refractivity contribution in [3.8, 4) is 0 Å². The number of amides is 2. The fourth-order valence-electron chi connectivity index (χ4n) is 4.11. The van der Waals surface area contributed by atoms with Crippen molar-refractivity contribution in [2.24, 2.45) is 14.1 Å². The van der Waals surface area contributed by atoms with Gasteiger partial charge in [-0.15, -0.1) is 11.3 Å². The summed E-state index contributed by atoms with van der Waals surface area (Å²) < 4.78 is 3.63. The van der Waals surface area contributed by atoms with Crippen LogP contribution in [0.25, 0.3) is 21.9 Å². The monoisotopic (exact) mass is 522 g/mol. The number of hydrogen-bond acceptors (Lipinski definition) is 7. The molecule has 0 spiro atoms. The first-order valence-corrected chi connectivity index (χ1v) is 12.4. The molecular formula is C24H23ClN8O2S. The van der Waals surface area contributed by atoms with Crippen molar-refractivity contribution in [3.05, 3.63) is 69.3 Å². The van der Waals surface area contributed by atoms with Gasteiger partial charge in [0.15, 0.2) is 5.65 Å². The molecule has 184 valence electrons. The quantitative estimate of drug-likeness (QED) is 0.338. The zero-order valence-corrected chi connectivity index (χ0v) is 21.4. The summed E-state index contributed by atoms with van der Waals surface area (Å²) in [6.07, 6.45) is 7.15. The third kappa shape index (κ3) is 4.54. The number of benzene rings is 1. The van der Waals surface area contributed by atoms with Gasteiger partial charge in [-0.3, -0.25) is 14.3 Å². The van der Waals surface area contributed by atoms with Crippen LogP contribution in [0, 0.1) is 0 Å². The van der Waals surface area contributed by atoms with Crippen LogP contribution < -0.4 is 10.6 Å². The number of fused-ring (bicyclic) bond motifs is 2. The molecule has 36 heavy (non-hydrogen) atoms. The maximum Gasteiger partial charge on any atom is 0.271 e. The molecule has 2 amide bonds. The van der Waals surface area contributed by atoms with E-state index in [-0.39, 0.29) is 17.5 Å². The van der Waals surface area contributed by atoms with E-state index in [0.717, 1.165) is 16.5 Å². The molecule has 0 saturated heterocycles. The fraction of sp³-hybridized carbons (Fsp3) is 0.250. The lowest BCUT2D eigenvalue weighted by Gasteiger charge is -2.11. The number of rotatable bonds is 7. The molecular weight excluding hydrogens is 500 g/mol. The third-order valence-corrected chi connectivity index (χ3v) is 7.34. The highest BCUT2D eigenvalue weighted by atomic mass is 35.5. The summed E-state index contributed by atoms with van der Waals surface area (Å²) in [6.45, 7) is 2.28. The standard InChI is InChI=1S/C24H23ClN8O2S/c1-13(31-23(35)20-17-9-30-33(3)21(17)29-12-28-20)24-27-10-19(36-24)22(34)26-7-6-14-11-32(2)18-5-4-15(25)8-16(14)18/h4-5,8-13H,6-7H2,1-3H3,(H,26,34)(H,31,35). The van der Waals surface area contributed by atoms with Crippen LogP contribution in [0.2, 0.25) is 5.02 Å². The minimum Gasteiger partial charge on any atom is -0.351 e. The number of halogens is 1. The summed E-state index contributed by atoms with van der Waals surface area (Å²) in [5, 5.41) is 12.9. The summed E-state index contributed by atoms with van der Waals surface area (Å²) >= 11 is 7.40. The molecule has 12 heteroatoms. The Balaban J connectivity index is 1.20. The van der Waals surface area contributed by atoms with Crippen LogP contribution in [-0.2, 0) is 20.5 Å². The molecule has 5 rings (SSSR count). The Morgan fingerprint density at radius 3 is 2.78 bits per heavy atom. The molecule has 0 bridgehead atoms. The SMILES string of the molecule is CC(NC(=O)c1ncnc2c1cnn2C)c1ncc(C(=O)NCCc2cn(C)c3ccc(Cl)cc23)s1. The maximum absolute atomic E-state index is 12.8. The smallest absolute Gasteiger partial charge is 0.271 e. The fourth-order valence-corrected chi connectivity index (χ4v) is 5.11. The number of aromatic nitrogens is 6. The topological polar surface area (TPSA) is 120 Å². The highest BCUT2D eigenvalue weighted by Crippen LogP contribution is 2.25. The lowest BCUT2D eigenvalue weighted by Crippen LogP contribution is -2.27. The van der Waals surface area contributed by atoms with E-state index in [1.807, 2.05) is 32.2 Å². The lowest BCUT2D eigenvalue weighted by molar-refractivity contribution is 0.0933. The van der Waals surface area contributed by atoms with Gasteiger partial charge < -0.3 is 15.2 Å². The van der Waals surface area contributed by atoms with Gasteiger partial charge >= 0.3 is 0 Å². The zero-order valence-electron chi connectivity index (χ0n) is 19.8. The molecule has 0 fully saturated rings. The maximum atomic E-state index is 12.8. The van der Waals surface area contributed by atoms with E-state index < -0.39 is 6.04 Å². The van der Waals surface area contributed by atoms with Crippen molar-refractivity contribution in [2.45, 2.75) is 19.4 Å². The molecule has 5 aromatic rings. The average Bonchev–Trinajstić information content (AvgIpc) is 3.57. The molecule has 1 atom stereocenters. The molecule has 1 aromatic carbocycles. The number of nitrogens with zero attached hydrogens (tertiary/aromatic N) is 6. The highest BCUT2D eigenvalue weighted by molar-refractivity contribution is 7.13. The predicted molar refractivity (Wildman–Crippen MR) is 138 cm³/mol. The van der Waals surface area contributed by atoms with Gasteiger partial charge in [0.05, 0.1) is 23.8 Å². The van der Waals surface area contributed by atoms with Crippen molar-refractivity contribution in [2.75, 3.05) is 6.54 Å². The molecule has 1 unspecified atom stereocenters. The summed E-state index contributed by atoms with van der Waals surface area (Å²) in [5.74, 6) is -0.567. The van der Waals surface area contributed by atoms with E-state index in [1.54, 1.807) is 17.9 Å². The van der Waals surface area contributed by atoms with Gasteiger partial charge in [-0.05, 0) is 37.1 Å². The van der Waals surface area contributed by atoms with Crippen LogP contribution in [0.5, 0.6) is 0 Å². The van der Waals surface area contributed by atoms with E-state index in [4.69, 9.17) is 11.6 Å². The Bertz CT molecular complexity index is 1600. The molecule has 0 aliphatic carbocycles. The van der Waals surface area contributed by atoms with Gasteiger partial charge in [-0.25, -0.2) is 15.0 Å². The molecule has 0 saturated carbocycles. The van der Waals surface area contributed by atoms with Crippen LogP contribution in [-0.4, -0.2) is 47.7 Å². The van der Waals surface area contributed by atoms with E-state index in [2.05, 4.69) is 41.4 Å². The highest BCUT2D eigenvalue weighted by Gasteiger charge is 2.20. The predicted octanol–water partition coefficient (Wildman–Crippen LogP) is 3.43. The largest absolute Gasteiger partial charge is 0.351 e. The van der Waals surface area contributed by atoms with Crippen LogP contribution in [0.15, 0.2) is 43.1 Å². The average molecular weight is 523 g/mol. The van der Waals surface area contributed by atoms with E-state index in [0.29, 0.717) is 38.9 Å². The van der Waals surface area contributed by atoms with E-state index >= 15 is 0 Å². The first-order valence-electron chi connectivity index (χ1n) is 11.2. The second-order valence-corrected chi connectivity index (χ2v) is 9.92. The van der Waals surface area contributed by atoms with Crippen molar-refractivity contribution < 1.29 is 9.59 Å². The Labute approximate surface area is 215 Å². The Kier molecular flexibility index (Phi) is 6.42. The molecule has 2 N–H and O–H groups in total. The normalized spacial score (nSPS) is 12.2. The van der Waals surface area contributed by atoms with Crippen molar-refractivity contribution in [1.29, 1.82) is 0 Å². The molecule has 4 heterocycles. The molecule has 10 nitrogen and oxygen atoms in total. The van der Waals surface area contributed by atoms with Gasteiger partial charge in [0, 0.05) is 42.8 Å². The van der Waals surface area contributed by atoms with Crippen LogP contribution in [0.3, 0.4) is 0 Å². The van der Waals surface area contributed by atoms with Gasteiger partial charge in [-0.1, -0.05) is 11.6 Å². The summed E-state index contributed by atoms with van der Waals surface area (Å²) in [5.41, 5.74) is 3.02. The van der Waals surface area contributed by atoms with E-state index in [1.165, 1.54) is 23.9 Å². The third-order valence-electron chi connectivity index (χ3n) is 5.92. The van der Waals surface area contributed by atoms with Crippen molar-refractivity contribution in [1.82, 2.24) is 39.9 Å². The molecule has 0 aliphatic heterocycles. The number of hydrogen-bond donors (Lipinski definition) is 2. The second kappa shape index (κ2) is 9.67.